The monoisotopic (exact) mass is 212 g/mol. The van der Waals surface area contributed by atoms with Crippen molar-refractivity contribution >= 4 is 17.7 Å². The third kappa shape index (κ3) is 1.77. The second-order valence-corrected chi connectivity index (χ2v) is 4.17. The van der Waals surface area contributed by atoms with Crippen molar-refractivity contribution in [2.45, 2.75) is 38.0 Å². The lowest BCUT2D eigenvalue weighted by Crippen LogP contribution is -2.10. The van der Waals surface area contributed by atoms with Gasteiger partial charge in [-0.2, -0.15) is 8.75 Å². The van der Waals surface area contributed by atoms with Crippen molar-refractivity contribution in [3.8, 4) is 0 Å². The summed E-state index contributed by atoms with van der Waals surface area (Å²) in [6, 6.07) is 0. The van der Waals surface area contributed by atoms with Gasteiger partial charge in [-0.25, -0.2) is 4.79 Å². The van der Waals surface area contributed by atoms with E-state index in [1.165, 1.54) is 19.3 Å². The molecule has 1 aromatic heterocycles. The van der Waals surface area contributed by atoms with Gasteiger partial charge in [-0.15, -0.1) is 0 Å². The standard InChI is InChI=1S/C9H12N2O2S/c12-9(13)8-7(10-14-11-8)6-4-2-1-3-5-6/h6H,1-5H2,(H,12,13). The van der Waals surface area contributed by atoms with Crippen molar-refractivity contribution < 1.29 is 9.90 Å². The van der Waals surface area contributed by atoms with Crippen LogP contribution in [0.1, 0.15) is 54.2 Å². The molecule has 1 aliphatic rings. The normalized spacial score (nSPS) is 18.3. The molecule has 0 saturated heterocycles. The highest BCUT2D eigenvalue weighted by molar-refractivity contribution is 6.99. The number of hydrogen-bond acceptors (Lipinski definition) is 4. The molecule has 0 spiro atoms. The lowest BCUT2D eigenvalue weighted by molar-refractivity contribution is 0.0689. The molecule has 0 amide bonds. The highest BCUT2D eigenvalue weighted by Crippen LogP contribution is 2.33. The first-order valence-corrected chi connectivity index (χ1v) is 5.58. The van der Waals surface area contributed by atoms with Gasteiger partial charge >= 0.3 is 5.97 Å². The van der Waals surface area contributed by atoms with Crippen molar-refractivity contribution in [2.75, 3.05) is 0 Å². The fourth-order valence-electron chi connectivity index (χ4n) is 1.99. The Bertz CT molecular complexity index is 331. The minimum Gasteiger partial charge on any atom is -0.476 e. The van der Waals surface area contributed by atoms with Crippen molar-refractivity contribution in [3.05, 3.63) is 11.4 Å². The van der Waals surface area contributed by atoms with Crippen LogP contribution in [0.5, 0.6) is 0 Å². The number of carbonyl (C=O) groups is 1. The van der Waals surface area contributed by atoms with Crippen LogP contribution >= 0.6 is 11.7 Å². The molecular weight excluding hydrogens is 200 g/mol. The van der Waals surface area contributed by atoms with E-state index in [2.05, 4.69) is 8.75 Å². The first-order chi connectivity index (χ1) is 6.79. The zero-order chi connectivity index (χ0) is 9.97. The predicted octanol–water partition coefficient (Wildman–Crippen LogP) is 2.28. The van der Waals surface area contributed by atoms with E-state index >= 15 is 0 Å². The van der Waals surface area contributed by atoms with Crippen LogP contribution < -0.4 is 0 Å². The number of aromatic carboxylic acids is 1. The summed E-state index contributed by atoms with van der Waals surface area (Å²) in [6.45, 7) is 0. The molecule has 0 aromatic carbocycles. The van der Waals surface area contributed by atoms with E-state index < -0.39 is 5.97 Å². The Kier molecular flexibility index (Phi) is 2.77. The molecule has 0 radical (unpaired) electrons. The van der Waals surface area contributed by atoms with Crippen molar-refractivity contribution in [3.63, 3.8) is 0 Å². The molecule has 1 N–H and O–H groups in total. The van der Waals surface area contributed by atoms with E-state index in [0.717, 1.165) is 24.6 Å². The Labute approximate surface area is 86.3 Å². The largest absolute Gasteiger partial charge is 0.476 e. The number of aromatic nitrogens is 2. The van der Waals surface area contributed by atoms with E-state index in [0.29, 0.717) is 11.6 Å². The van der Waals surface area contributed by atoms with Gasteiger partial charge in [0.1, 0.15) is 0 Å². The van der Waals surface area contributed by atoms with Gasteiger partial charge in [0, 0.05) is 5.92 Å². The smallest absolute Gasteiger partial charge is 0.357 e. The Morgan fingerprint density at radius 2 is 2.00 bits per heavy atom. The van der Waals surface area contributed by atoms with Crippen LogP contribution in [0.25, 0.3) is 0 Å². The summed E-state index contributed by atoms with van der Waals surface area (Å²) in [7, 11) is 0. The molecule has 0 atom stereocenters. The minimum absolute atomic E-state index is 0.168. The first kappa shape index (κ1) is 9.58. The molecule has 0 bridgehead atoms. The summed E-state index contributed by atoms with van der Waals surface area (Å²) in [5.41, 5.74) is 0.879. The third-order valence-corrected chi connectivity index (χ3v) is 3.25. The summed E-state index contributed by atoms with van der Waals surface area (Å²) in [6.07, 6.45) is 5.75. The molecule has 1 aromatic rings. The highest BCUT2D eigenvalue weighted by atomic mass is 32.1. The zero-order valence-corrected chi connectivity index (χ0v) is 8.59. The van der Waals surface area contributed by atoms with Crippen LogP contribution in [0.15, 0.2) is 0 Å². The van der Waals surface area contributed by atoms with Gasteiger partial charge in [0.25, 0.3) is 0 Å². The molecule has 0 unspecified atom stereocenters. The molecule has 1 aliphatic carbocycles. The van der Waals surface area contributed by atoms with Crippen LogP contribution in [0.4, 0.5) is 0 Å². The molecule has 76 valence electrons. The van der Waals surface area contributed by atoms with Crippen LogP contribution in [-0.4, -0.2) is 19.8 Å². The quantitative estimate of drug-likeness (QED) is 0.816. The maximum atomic E-state index is 10.8. The van der Waals surface area contributed by atoms with Gasteiger partial charge in [-0.3, -0.25) is 0 Å². The van der Waals surface area contributed by atoms with Gasteiger partial charge in [-0.1, -0.05) is 19.3 Å². The number of nitrogens with zero attached hydrogens (tertiary/aromatic N) is 2. The van der Waals surface area contributed by atoms with E-state index in [1.54, 1.807) is 0 Å². The fourth-order valence-corrected chi connectivity index (χ4v) is 2.61. The van der Waals surface area contributed by atoms with Crippen molar-refractivity contribution in [1.29, 1.82) is 0 Å². The lowest BCUT2D eigenvalue weighted by atomic mass is 9.86. The summed E-state index contributed by atoms with van der Waals surface area (Å²) < 4.78 is 7.93. The highest BCUT2D eigenvalue weighted by Gasteiger charge is 2.24. The molecular formula is C9H12N2O2S. The summed E-state index contributed by atoms with van der Waals surface area (Å²) in [4.78, 5) is 10.8. The number of carboxylic acid groups (broad SMARTS) is 1. The van der Waals surface area contributed by atoms with Crippen LogP contribution in [0, 0.1) is 0 Å². The number of rotatable bonds is 2. The Morgan fingerprint density at radius 3 is 2.64 bits per heavy atom. The molecule has 0 aliphatic heterocycles. The summed E-state index contributed by atoms with van der Waals surface area (Å²) in [5, 5.41) is 8.89. The summed E-state index contributed by atoms with van der Waals surface area (Å²) in [5.74, 6) is -0.618. The van der Waals surface area contributed by atoms with Gasteiger partial charge in [0.2, 0.25) is 0 Å². The van der Waals surface area contributed by atoms with Gasteiger partial charge in [-0.05, 0) is 12.8 Å². The average molecular weight is 212 g/mol. The molecule has 4 nitrogen and oxygen atoms in total. The Hall–Kier alpha value is -0.970. The average Bonchev–Trinajstić information content (AvgIpc) is 2.67. The van der Waals surface area contributed by atoms with Crippen molar-refractivity contribution in [2.24, 2.45) is 0 Å². The SMILES string of the molecule is O=C(O)c1nsnc1C1CCCCC1. The van der Waals surface area contributed by atoms with E-state index in [9.17, 15) is 4.79 Å². The predicted molar refractivity (Wildman–Crippen MR) is 52.7 cm³/mol. The molecule has 5 heteroatoms. The fraction of sp³-hybridized carbons (Fsp3) is 0.667. The van der Waals surface area contributed by atoms with Gasteiger partial charge in [0.15, 0.2) is 5.69 Å². The van der Waals surface area contributed by atoms with Crippen LogP contribution in [0.2, 0.25) is 0 Å². The second kappa shape index (κ2) is 4.04. The number of hydrogen-bond donors (Lipinski definition) is 1. The molecule has 14 heavy (non-hydrogen) atoms. The maximum Gasteiger partial charge on any atom is 0.357 e. The molecule has 1 heterocycles. The number of carboxylic acids is 1. The minimum atomic E-state index is -0.945. The first-order valence-electron chi connectivity index (χ1n) is 4.85. The lowest BCUT2D eigenvalue weighted by Gasteiger charge is -2.19. The van der Waals surface area contributed by atoms with Crippen LogP contribution in [-0.2, 0) is 0 Å². The van der Waals surface area contributed by atoms with Crippen molar-refractivity contribution in [1.82, 2.24) is 8.75 Å². The molecule has 1 saturated carbocycles. The Morgan fingerprint density at radius 1 is 1.29 bits per heavy atom. The van der Waals surface area contributed by atoms with E-state index in [-0.39, 0.29) is 5.69 Å². The van der Waals surface area contributed by atoms with E-state index in [4.69, 9.17) is 5.11 Å². The van der Waals surface area contributed by atoms with E-state index in [1.807, 2.05) is 0 Å². The molecule has 1 fully saturated rings. The zero-order valence-electron chi connectivity index (χ0n) is 7.77. The maximum absolute atomic E-state index is 10.8. The second-order valence-electron chi connectivity index (χ2n) is 3.64. The topological polar surface area (TPSA) is 63.1 Å². The molecule has 2 rings (SSSR count). The third-order valence-electron chi connectivity index (χ3n) is 2.71. The van der Waals surface area contributed by atoms with Gasteiger partial charge < -0.3 is 5.11 Å². The summed E-state index contributed by atoms with van der Waals surface area (Å²) >= 11 is 1.01. The Balaban J connectivity index is 2.21. The van der Waals surface area contributed by atoms with Crippen LogP contribution in [0.3, 0.4) is 0 Å². The van der Waals surface area contributed by atoms with Gasteiger partial charge in [0.05, 0.1) is 17.4 Å².